The van der Waals surface area contributed by atoms with Gasteiger partial charge in [0.25, 0.3) is 0 Å². The zero-order valence-electron chi connectivity index (χ0n) is 18.0. The molecule has 3 rings (SSSR count). The number of aliphatic hydroxyl groups excluding tert-OH is 4. The monoisotopic (exact) mass is 412 g/mol. The molecule has 162 valence electrons. The molecular formula is C24H32N2O4. The predicted molar refractivity (Wildman–Crippen MR) is 119 cm³/mol. The SMILES string of the molecule is CC(O)N(Cc1c2ccccc2c(CN(C(C)O)C(C)O)c2ccccc12)C(C)O. The van der Waals surface area contributed by atoms with E-state index in [9.17, 15) is 20.4 Å². The first-order chi connectivity index (χ1) is 14.2. The Bertz CT molecular complexity index is 848. The summed E-state index contributed by atoms with van der Waals surface area (Å²) in [5, 5.41) is 44.8. The Morgan fingerprint density at radius 3 is 0.967 bits per heavy atom. The van der Waals surface area contributed by atoms with Crippen LogP contribution >= 0.6 is 0 Å². The van der Waals surface area contributed by atoms with Crippen LogP contribution in [0.15, 0.2) is 48.5 Å². The highest BCUT2D eigenvalue weighted by molar-refractivity contribution is 6.05. The van der Waals surface area contributed by atoms with Crippen LogP contribution in [0.25, 0.3) is 21.5 Å². The van der Waals surface area contributed by atoms with Crippen LogP contribution in [-0.4, -0.2) is 55.1 Å². The summed E-state index contributed by atoms with van der Waals surface area (Å²) >= 11 is 0. The van der Waals surface area contributed by atoms with Crippen LogP contribution in [-0.2, 0) is 13.1 Å². The molecule has 0 aliphatic carbocycles. The Balaban J connectivity index is 2.27. The van der Waals surface area contributed by atoms with Crippen molar-refractivity contribution in [3.05, 3.63) is 59.7 Å². The first-order valence-electron chi connectivity index (χ1n) is 10.4. The van der Waals surface area contributed by atoms with Gasteiger partial charge in [0.05, 0.1) is 0 Å². The van der Waals surface area contributed by atoms with Crippen molar-refractivity contribution in [1.82, 2.24) is 9.80 Å². The molecule has 0 aromatic heterocycles. The number of fused-ring (bicyclic) bond motifs is 2. The molecule has 4 N–H and O–H groups in total. The summed E-state index contributed by atoms with van der Waals surface area (Å²) in [6, 6.07) is 16.0. The van der Waals surface area contributed by atoms with Crippen LogP contribution < -0.4 is 0 Å². The van der Waals surface area contributed by atoms with Gasteiger partial charge in [0.2, 0.25) is 0 Å². The first-order valence-corrected chi connectivity index (χ1v) is 10.4. The molecule has 4 unspecified atom stereocenters. The highest BCUT2D eigenvalue weighted by Crippen LogP contribution is 2.35. The lowest BCUT2D eigenvalue weighted by Crippen LogP contribution is -2.40. The molecule has 6 nitrogen and oxygen atoms in total. The van der Waals surface area contributed by atoms with Gasteiger partial charge in [-0.15, -0.1) is 0 Å². The standard InChI is InChI=1S/C24H32N2O4/c1-15(27)25(16(2)28)13-23-19-9-5-7-11-21(19)24(14-26(17(3)29)18(4)30)22-12-8-6-10-20(22)23/h5-12,15-18,27-30H,13-14H2,1-4H3. The predicted octanol–water partition coefficient (Wildman–Crippen LogP) is 2.95. The zero-order chi connectivity index (χ0) is 22.0. The zero-order valence-corrected chi connectivity index (χ0v) is 18.0. The van der Waals surface area contributed by atoms with Crippen LogP contribution in [0.4, 0.5) is 0 Å². The summed E-state index contributed by atoms with van der Waals surface area (Å²) in [6.45, 7) is 7.35. The molecule has 3 aromatic rings. The Morgan fingerprint density at radius 1 is 0.533 bits per heavy atom. The fourth-order valence-electron chi connectivity index (χ4n) is 4.17. The molecule has 0 saturated carbocycles. The number of hydrogen-bond acceptors (Lipinski definition) is 6. The number of hydrogen-bond donors (Lipinski definition) is 4. The van der Waals surface area contributed by atoms with Crippen LogP contribution in [0, 0.1) is 0 Å². The topological polar surface area (TPSA) is 87.4 Å². The molecule has 0 amide bonds. The third-order valence-corrected chi connectivity index (χ3v) is 5.76. The minimum absolute atomic E-state index is 0.382. The average Bonchev–Trinajstić information content (AvgIpc) is 2.69. The maximum absolute atomic E-state index is 10.2. The maximum atomic E-state index is 10.2. The van der Waals surface area contributed by atoms with Gasteiger partial charge in [-0.2, -0.15) is 0 Å². The van der Waals surface area contributed by atoms with Gasteiger partial charge in [-0.3, -0.25) is 0 Å². The van der Waals surface area contributed by atoms with Gasteiger partial charge in [0, 0.05) is 13.1 Å². The van der Waals surface area contributed by atoms with Gasteiger partial charge >= 0.3 is 0 Å². The molecule has 0 saturated heterocycles. The number of benzene rings is 3. The summed E-state index contributed by atoms with van der Waals surface area (Å²) in [5.74, 6) is 0. The first kappa shape index (κ1) is 22.6. The van der Waals surface area contributed by atoms with E-state index in [0.29, 0.717) is 13.1 Å². The Kier molecular flexibility index (Phi) is 7.08. The molecule has 0 aliphatic heterocycles. The Morgan fingerprint density at radius 2 is 0.767 bits per heavy atom. The van der Waals surface area contributed by atoms with Crippen LogP contribution in [0.2, 0.25) is 0 Å². The van der Waals surface area contributed by atoms with Gasteiger partial charge in [-0.05, 0) is 60.4 Å². The molecule has 0 radical (unpaired) electrons. The summed E-state index contributed by atoms with van der Waals surface area (Å²) in [5.41, 5.74) is 2.04. The lowest BCUT2D eigenvalue weighted by Gasteiger charge is -2.31. The highest BCUT2D eigenvalue weighted by atomic mass is 16.3. The molecular weight excluding hydrogens is 380 g/mol. The van der Waals surface area contributed by atoms with E-state index in [-0.39, 0.29) is 0 Å². The number of aliphatic hydroxyl groups is 4. The maximum Gasteiger partial charge on any atom is 0.106 e. The van der Waals surface area contributed by atoms with Crippen molar-refractivity contribution in [1.29, 1.82) is 0 Å². The minimum atomic E-state index is -0.803. The van der Waals surface area contributed by atoms with Crippen molar-refractivity contribution in [3.63, 3.8) is 0 Å². The lowest BCUT2D eigenvalue weighted by molar-refractivity contribution is -0.0900. The van der Waals surface area contributed by atoms with E-state index in [2.05, 4.69) is 0 Å². The number of rotatable bonds is 8. The summed E-state index contributed by atoms with van der Waals surface area (Å²) in [4.78, 5) is 3.26. The molecule has 0 heterocycles. The fraction of sp³-hybridized carbons (Fsp3) is 0.417. The molecule has 6 heteroatoms. The van der Waals surface area contributed by atoms with Crippen molar-refractivity contribution in [2.45, 2.75) is 65.7 Å². The van der Waals surface area contributed by atoms with E-state index >= 15 is 0 Å². The van der Waals surface area contributed by atoms with E-state index in [1.165, 1.54) is 0 Å². The molecule has 0 spiro atoms. The minimum Gasteiger partial charge on any atom is -0.379 e. The van der Waals surface area contributed by atoms with Crippen molar-refractivity contribution in [2.24, 2.45) is 0 Å². The summed E-state index contributed by atoms with van der Waals surface area (Å²) < 4.78 is 0. The highest BCUT2D eigenvalue weighted by Gasteiger charge is 2.23. The largest absolute Gasteiger partial charge is 0.379 e. The Hall–Kier alpha value is -2.06. The van der Waals surface area contributed by atoms with Crippen LogP contribution in [0.1, 0.15) is 38.8 Å². The summed E-state index contributed by atoms with van der Waals surface area (Å²) in [6.07, 6.45) is -3.21. The van der Waals surface area contributed by atoms with Crippen LogP contribution in [0.3, 0.4) is 0 Å². The van der Waals surface area contributed by atoms with Crippen LogP contribution in [0.5, 0.6) is 0 Å². The van der Waals surface area contributed by atoms with Gasteiger partial charge in [-0.25, -0.2) is 9.80 Å². The van der Waals surface area contributed by atoms with Gasteiger partial charge in [0.1, 0.15) is 24.9 Å². The van der Waals surface area contributed by atoms with Crippen molar-refractivity contribution in [2.75, 3.05) is 0 Å². The third kappa shape index (κ3) is 4.49. The normalized spacial score (nSPS) is 16.3. The smallest absolute Gasteiger partial charge is 0.106 e. The Labute approximate surface area is 177 Å². The third-order valence-electron chi connectivity index (χ3n) is 5.76. The second kappa shape index (κ2) is 9.39. The van der Waals surface area contributed by atoms with Crippen molar-refractivity contribution < 1.29 is 20.4 Å². The second-order valence-corrected chi connectivity index (χ2v) is 7.92. The summed E-state index contributed by atoms with van der Waals surface area (Å²) in [7, 11) is 0. The van der Waals surface area contributed by atoms with Gasteiger partial charge in [0.15, 0.2) is 0 Å². The molecule has 0 bridgehead atoms. The van der Waals surface area contributed by atoms with E-state index in [1.807, 2.05) is 48.5 Å². The molecule has 0 aliphatic rings. The molecule has 3 aromatic carbocycles. The van der Waals surface area contributed by atoms with Crippen molar-refractivity contribution >= 4 is 21.5 Å². The molecule has 30 heavy (non-hydrogen) atoms. The molecule has 4 atom stereocenters. The quantitative estimate of drug-likeness (QED) is 0.336. The van der Waals surface area contributed by atoms with Crippen molar-refractivity contribution in [3.8, 4) is 0 Å². The molecule has 0 fully saturated rings. The van der Waals surface area contributed by atoms with Gasteiger partial charge < -0.3 is 20.4 Å². The van der Waals surface area contributed by atoms with E-state index in [0.717, 1.165) is 32.7 Å². The van der Waals surface area contributed by atoms with E-state index in [1.54, 1.807) is 37.5 Å². The van der Waals surface area contributed by atoms with E-state index < -0.39 is 24.9 Å². The fourth-order valence-corrected chi connectivity index (χ4v) is 4.17. The average molecular weight is 413 g/mol. The lowest BCUT2D eigenvalue weighted by atomic mass is 9.91. The second-order valence-electron chi connectivity index (χ2n) is 7.92. The van der Waals surface area contributed by atoms with E-state index in [4.69, 9.17) is 0 Å². The number of nitrogens with zero attached hydrogens (tertiary/aromatic N) is 2. The van der Waals surface area contributed by atoms with Gasteiger partial charge in [-0.1, -0.05) is 48.5 Å².